The first kappa shape index (κ1) is 18.1. The molecule has 0 saturated carbocycles. The van der Waals surface area contributed by atoms with E-state index in [1.54, 1.807) is 18.2 Å². The first-order valence-electron chi connectivity index (χ1n) is 8.30. The lowest BCUT2D eigenvalue weighted by Crippen LogP contribution is -2.24. The van der Waals surface area contributed by atoms with Crippen molar-refractivity contribution in [3.63, 3.8) is 0 Å². The first-order chi connectivity index (χ1) is 12.5. The van der Waals surface area contributed by atoms with E-state index < -0.39 is 6.10 Å². The maximum absolute atomic E-state index is 13.5. The van der Waals surface area contributed by atoms with Crippen molar-refractivity contribution >= 4 is 10.9 Å². The summed E-state index contributed by atoms with van der Waals surface area (Å²) in [5.41, 5.74) is 1.81. The van der Waals surface area contributed by atoms with Gasteiger partial charge in [0.05, 0.1) is 11.6 Å². The highest BCUT2D eigenvalue weighted by molar-refractivity contribution is 5.87. The maximum atomic E-state index is 13.5. The van der Waals surface area contributed by atoms with Gasteiger partial charge in [0, 0.05) is 18.0 Å². The zero-order valence-electron chi connectivity index (χ0n) is 14.1. The Morgan fingerprint density at radius 2 is 2.00 bits per heavy atom. The van der Waals surface area contributed by atoms with Crippen molar-refractivity contribution in [3.05, 3.63) is 82.2 Å². The van der Waals surface area contributed by atoms with Crippen LogP contribution in [-0.2, 0) is 6.42 Å². The Morgan fingerprint density at radius 3 is 2.77 bits per heavy atom. The van der Waals surface area contributed by atoms with E-state index in [9.17, 15) is 19.4 Å². The number of phenolic OH excluding ortho intramolecular Hbond substituents is 1. The third kappa shape index (κ3) is 3.92. The minimum absolute atomic E-state index is 0.0440. The van der Waals surface area contributed by atoms with E-state index in [2.05, 4.69) is 17.2 Å². The highest BCUT2D eigenvalue weighted by atomic mass is 19.1. The fourth-order valence-electron chi connectivity index (χ4n) is 2.88. The predicted molar refractivity (Wildman–Crippen MR) is 98.6 cm³/mol. The molecule has 135 valence electrons. The molecule has 26 heavy (non-hydrogen) atoms. The Bertz CT molecular complexity index is 984. The number of aromatic amines is 1. The fourth-order valence-corrected chi connectivity index (χ4v) is 2.88. The first-order valence-corrected chi connectivity index (χ1v) is 8.30. The molecule has 0 fully saturated rings. The van der Waals surface area contributed by atoms with Gasteiger partial charge in [0.15, 0.2) is 0 Å². The standard InChI is InChI=1S/C20H20FN2O3/c1-12-2-3-13(10-16(12)21)8-9-22-11-18(25)14-4-6-17(24)20-15(14)5-7-19(26)23-20/h2-7,10,18,22,24-25H,1,8-9,11H2,(H,23,26)/t18-/m0/s1. The van der Waals surface area contributed by atoms with Crippen molar-refractivity contribution in [1.29, 1.82) is 0 Å². The average molecular weight is 355 g/mol. The van der Waals surface area contributed by atoms with E-state index in [-0.39, 0.29) is 23.7 Å². The molecule has 6 heteroatoms. The van der Waals surface area contributed by atoms with Crippen LogP contribution in [0.4, 0.5) is 4.39 Å². The van der Waals surface area contributed by atoms with E-state index in [0.29, 0.717) is 35.0 Å². The highest BCUT2D eigenvalue weighted by Gasteiger charge is 2.13. The van der Waals surface area contributed by atoms with E-state index in [4.69, 9.17) is 0 Å². The third-order valence-electron chi connectivity index (χ3n) is 4.31. The van der Waals surface area contributed by atoms with Crippen LogP contribution in [0.5, 0.6) is 5.75 Å². The number of hydrogen-bond donors (Lipinski definition) is 4. The normalized spacial score (nSPS) is 12.4. The monoisotopic (exact) mass is 355 g/mol. The maximum Gasteiger partial charge on any atom is 0.248 e. The second-order valence-electron chi connectivity index (χ2n) is 6.18. The molecule has 1 heterocycles. The number of benzene rings is 2. The molecule has 0 amide bonds. The van der Waals surface area contributed by atoms with E-state index in [1.807, 2.05) is 6.07 Å². The van der Waals surface area contributed by atoms with Crippen LogP contribution in [0, 0.1) is 12.7 Å². The number of rotatable bonds is 6. The number of aliphatic hydroxyl groups excluding tert-OH is 1. The number of pyridine rings is 1. The summed E-state index contributed by atoms with van der Waals surface area (Å²) in [5, 5.41) is 24.1. The number of nitrogens with one attached hydrogen (secondary N) is 2. The molecule has 0 spiro atoms. The molecule has 1 radical (unpaired) electrons. The van der Waals surface area contributed by atoms with Crippen LogP contribution in [0.25, 0.3) is 10.9 Å². The van der Waals surface area contributed by atoms with Crippen molar-refractivity contribution in [2.24, 2.45) is 0 Å². The lowest BCUT2D eigenvalue weighted by Gasteiger charge is -2.15. The zero-order valence-corrected chi connectivity index (χ0v) is 14.1. The van der Waals surface area contributed by atoms with Crippen LogP contribution in [0.15, 0.2) is 47.3 Å². The summed E-state index contributed by atoms with van der Waals surface area (Å²) in [7, 11) is 0. The fraction of sp³-hybridized carbons (Fsp3) is 0.200. The molecule has 4 N–H and O–H groups in total. The van der Waals surface area contributed by atoms with Crippen LogP contribution >= 0.6 is 0 Å². The van der Waals surface area contributed by atoms with Crippen LogP contribution in [-0.4, -0.2) is 28.3 Å². The molecule has 0 unspecified atom stereocenters. The Kier molecular flexibility index (Phi) is 5.35. The summed E-state index contributed by atoms with van der Waals surface area (Å²) in [5.74, 6) is -0.371. The molecule has 2 aromatic carbocycles. The summed E-state index contributed by atoms with van der Waals surface area (Å²) in [6.45, 7) is 4.44. The lowest BCUT2D eigenvalue weighted by atomic mass is 10.0. The van der Waals surface area contributed by atoms with Gasteiger partial charge in [-0.3, -0.25) is 4.79 Å². The average Bonchev–Trinajstić information content (AvgIpc) is 2.62. The van der Waals surface area contributed by atoms with Gasteiger partial charge in [-0.15, -0.1) is 0 Å². The zero-order chi connectivity index (χ0) is 18.7. The second kappa shape index (κ2) is 7.68. The van der Waals surface area contributed by atoms with E-state index in [0.717, 1.165) is 5.56 Å². The van der Waals surface area contributed by atoms with Crippen LogP contribution in [0.1, 0.15) is 22.8 Å². The predicted octanol–water partition coefficient (Wildman–Crippen LogP) is 2.42. The molecule has 0 bridgehead atoms. The molecular formula is C20H20FN2O3. The summed E-state index contributed by atoms with van der Waals surface area (Å²) >= 11 is 0. The van der Waals surface area contributed by atoms with Crippen molar-refractivity contribution in [2.75, 3.05) is 13.1 Å². The number of aromatic hydroxyl groups is 1. The highest BCUT2D eigenvalue weighted by Crippen LogP contribution is 2.28. The van der Waals surface area contributed by atoms with Gasteiger partial charge in [0.2, 0.25) is 5.56 Å². The van der Waals surface area contributed by atoms with E-state index in [1.165, 1.54) is 18.2 Å². The summed E-state index contributed by atoms with van der Waals surface area (Å²) in [6.07, 6.45) is -0.198. The Labute approximate surface area is 150 Å². The molecule has 1 atom stereocenters. The van der Waals surface area contributed by atoms with Crippen molar-refractivity contribution < 1.29 is 14.6 Å². The number of aromatic nitrogens is 1. The number of halogens is 1. The number of hydrogen-bond acceptors (Lipinski definition) is 4. The number of phenols is 1. The van der Waals surface area contributed by atoms with Crippen molar-refractivity contribution in [1.82, 2.24) is 10.3 Å². The Morgan fingerprint density at radius 1 is 1.19 bits per heavy atom. The number of fused-ring (bicyclic) bond motifs is 1. The summed E-state index contributed by atoms with van der Waals surface area (Å²) in [4.78, 5) is 14.0. The minimum atomic E-state index is -0.817. The van der Waals surface area contributed by atoms with Gasteiger partial charge in [-0.1, -0.05) is 18.2 Å². The SMILES string of the molecule is [CH2]c1ccc(CCNC[C@H](O)c2ccc(O)c3[nH]c(=O)ccc23)cc1F. The van der Waals surface area contributed by atoms with Gasteiger partial charge in [0.25, 0.3) is 0 Å². The molecule has 1 aromatic heterocycles. The van der Waals surface area contributed by atoms with Crippen molar-refractivity contribution in [3.8, 4) is 5.75 Å². The molecule has 3 rings (SSSR count). The number of aliphatic hydroxyl groups is 1. The summed E-state index contributed by atoms with van der Waals surface area (Å²) in [6, 6.07) is 10.9. The van der Waals surface area contributed by atoms with Gasteiger partial charge in [-0.25, -0.2) is 4.39 Å². The molecule has 0 aliphatic rings. The van der Waals surface area contributed by atoms with Crippen LogP contribution in [0.2, 0.25) is 0 Å². The largest absolute Gasteiger partial charge is 0.506 e. The lowest BCUT2D eigenvalue weighted by molar-refractivity contribution is 0.176. The minimum Gasteiger partial charge on any atom is -0.506 e. The second-order valence-corrected chi connectivity index (χ2v) is 6.18. The van der Waals surface area contributed by atoms with Gasteiger partial charge in [-0.05, 0) is 54.8 Å². The van der Waals surface area contributed by atoms with Crippen LogP contribution in [0.3, 0.4) is 0 Å². The van der Waals surface area contributed by atoms with E-state index >= 15 is 0 Å². The van der Waals surface area contributed by atoms with Gasteiger partial charge in [-0.2, -0.15) is 0 Å². The van der Waals surface area contributed by atoms with Gasteiger partial charge >= 0.3 is 0 Å². The Hall–Kier alpha value is -2.70. The molecule has 0 aliphatic carbocycles. The molecule has 0 aliphatic heterocycles. The molecular weight excluding hydrogens is 335 g/mol. The molecule has 0 saturated heterocycles. The van der Waals surface area contributed by atoms with Crippen LogP contribution < -0.4 is 10.9 Å². The van der Waals surface area contributed by atoms with Gasteiger partial charge in [0.1, 0.15) is 11.6 Å². The summed E-state index contributed by atoms with van der Waals surface area (Å²) < 4.78 is 13.5. The Balaban J connectivity index is 1.64. The third-order valence-corrected chi connectivity index (χ3v) is 4.31. The topological polar surface area (TPSA) is 85.3 Å². The molecule has 3 aromatic rings. The van der Waals surface area contributed by atoms with Gasteiger partial charge < -0.3 is 20.5 Å². The number of H-pyrrole nitrogens is 1. The smallest absolute Gasteiger partial charge is 0.248 e. The molecule has 5 nitrogen and oxygen atoms in total. The quantitative estimate of drug-likeness (QED) is 0.512. The van der Waals surface area contributed by atoms with Crippen molar-refractivity contribution in [2.45, 2.75) is 12.5 Å².